The molecule has 1 aliphatic heterocycles. The van der Waals surface area contributed by atoms with Crippen LogP contribution in [0.4, 0.5) is 0 Å². The molecule has 2 N–H and O–H groups in total. The van der Waals surface area contributed by atoms with Crippen molar-refractivity contribution in [3.05, 3.63) is 80.0 Å². The fraction of sp³-hybridized carbons (Fsp3) is 0.414. The Hall–Kier alpha value is -2.97. The molecule has 1 saturated carbocycles. The number of aryl methyl sites for hydroxylation is 1. The number of aromatic nitrogens is 2. The van der Waals surface area contributed by atoms with Crippen LogP contribution in [0, 0.1) is 19.8 Å². The summed E-state index contributed by atoms with van der Waals surface area (Å²) in [5, 5.41) is 3.21. The van der Waals surface area contributed by atoms with Crippen LogP contribution >= 0.6 is 23.4 Å². The van der Waals surface area contributed by atoms with Crippen molar-refractivity contribution in [2.75, 3.05) is 6.26 Å². The number of ether oxygens (including phenoxy) is 2. The van der Waals surface area contributed by atoms with Crippen LogP contribution in [0.3, 0.4) is 0 Å². The summed E-state index contributed by atoms with van der Waals surface area (Å²) in [6, 6.07) is 9.60. The first-order chi connectivity index (χ1) is 18.2. The van der Waals surface area contributed by atoms with Gasteiger partial charge in [0.05, 0.1) is 5.02 Å². The molecular formula is C29H32ClN3O4S. The first kappa shape index (κ1) is 26.6. The van der Waals surface area contributed by atoms with Crippen molar-refractivity contribution in [2.45, 2.75) is 69.6 Å². The summed E-state index contributed by atoms with van der Waals surface area (Å²) in [7, 11) is 0. The second kappa shape index (κ2) is 10.7. The van der Waals surface area contributed by atoms with E-state index in [4.69, 9.17) is 21.1 Å². The zero-order chi connectivity index (χ0) is 27.0. The summed E-state index contributed by atoms with van der Waals surface area (Å²) in [6.07, 6.45) is 7.66. The van der Waals surface area contributed by atoms with Crippen LogP contribution in [0.2, 0.25) is 5.02 Å². The van der Waals surface area contributed by atoms with Crippen LogP contribution in [0.5, 0.6) is 11.5 Å². The molecule has 9 heteroatoms. The number of halogens is 1. The summed E-state index contributed by atoms with van der Waals surface area (Å²) in [4.78, 5) is 33.9. The van der Waals surface area contributed by atoms with E-state index in [1.54, 1.807) is 6.07 Å². The molecule has 1 aromatic carbocycles. The fourth-order valence-electron chi connectivity index (χ4n) is 5.58. The molecule has 0 spiro atoms. The third kappa shape index (κ3) is 5.04. The van der Waals surface area contributed by atoms with Crippen molar-refractivity contribution >= 4 is 29.3 Å². The predicted octanol–water partition coefficient (Wildman–Crippen LogP) is 6.15. The lowest BCUT2D eigenvalue weighted by Crippen LogP contribution is -2.44. The van der Waals surface area contributed by atoms with Gasteiger partial charge >= 0.3 is 0 Å². The number of carbonyl (C=O) groups is 1. The molecule has 3 heterocycles. The lowest BCUT2D eigenvalue weighted by Gasteiger charge is -2.37. The van der Waals surface area contributed by atoms with Crippen LogP contribution in [-0.4, -0.2) is 27.9 Å². The van der Waals surface area contributed by atoms with E-state index < -0.39 is 5.79 Å². The molecule has 7 nitrogen and oxygen atoms in total. The van der Waals surface area contributed by atoms with Gasteiger partial charge in [-0.15, -0.1) is 11.8 Å². The van der Waals surface area contributed by atoms with E-state index in [1.807, 2.05) is 51.4 Å². The summed E-state index contributed by atoms with van der Waals surface area (Å²) in [5.41, 5.74) is 3.30. The maximum absolute atomic E-state index is 13.2. The second-order valence-electron chi connectivity index (χ2n) is 10.2. The summed E-state index contributed by atoms with van der Waals surface area (Å²) in [6.45, 7) is 5.74. The number of carbonyl (C=O) groups excluding carboxylic acids is 1. The molecule has 0 bridgehead atoms. The monoisotopic (exact) mass is 553 g/mol. The molecule has 5 rings (SSSR count). The lowest BCUT2D eigenvalue weighted by molar-refractivity contribution is -0.121. The van der Waals surface area contributed by atoms with Gasteiger partial charge in [-0.2, -0.15) is 0 Å². The molecule has 200 valence electrons. The Morgan fingerprint density at radius 1 is 1.18 bits per heavy atom. The first-order valence-electron chi connectivity index (χ1n) is 12.9. The zero-order valence-electron chi connectivity index (χ0n) is 22.0. The van der Waals surface area contributed by atoms with Crippen molar-refractivity contribution < 1.29 is 14.3 Å². The Morgan fingerprint density at radius 3 is 2.61 bits per heavy atom. The smallest absolute Gasteiger partial charge is 0.254 e. The largest absolute Gasteiger partial charge is 0.448 e. The van der Waals surface area contributed by atoms with E-state index in [9.17, 15) is 9.59 Å². The van der Waals surface area contributed by atoms with Crippen LogP contribution in [0.25, 0.3) is 0 Å². The topological polar surface area (TPSA) is 93.3 Å². The third-order valence-electron chi connectivity index (χ3n) is 7.74. The SMILES string of the molecule is CSc1cc(C)[nH]c(=O)c1CNC(=O)c1cc(Cl)c2c(c1C)OC(C)([C@H]1CC[C@H](c3ccccn3)CC1)O2. The van der Waals surface area contributed by atoms with Crippen LogP contribution in [0.15, 0.2) is 46.2 Å². The van der Waals surface area contributed by atoms with Gasteiger partial charge in [0.2, 0.25) is 0 Å². The van der Waals surface area contributed by atoms with Crippen molar-refractivity contribution in [3.63, 3.8) is 0 Å². The van der Waals surface area contributed by atoms with Crippen molar-refractivity contribution in [1.82, 2.24) is 15.3 Å². The molecule has 1 unspecified atom stereocenters. The molecule has 1 fully saturated rings. The van der Waals surface area contributed by atoms with Gasteiger partial charge in [-0.05, 0) is 70.1 Å². The van der Waals surface area contributed by atoms with Gasteiger partial charge in [-0.3, -0.25) is 14.6 Å². The number of H-pyrrole nitrogens is 1. The third-order valence-corrected chi connectivity index (χ3v) is 8.83. The van der Waals surface area contributed by atoms with E-state index in [1.165, 1.54) is 11.8 Å². The van der Waals surface area contributed by atoms with Crippen molar-refractivity contribution in [1.29, 1.82) is 0 Å². The van der Waals surface area contributed by atoms with E-state index in [-0.39, 0.29) is 23.9 Å². The number of fused-ring (bicyclic) bond motifs is 1. The molecule has 1 amide bonds. The quantitative estimate of drug-likeness (QED) is 0.355. The highest BCUT2D eigenvalue weighted by Crippen LogP contribution is 2.52. The minimum Gasteiger partial charge on any atom is -0.448 e. The molecule has 0 saturated heterocycles. The molecule has 0 radical (unpaired) electrons. The number of rotatable bonds is 6. The minimum atomic E-state index is -0.858. The van der Waals surface area contributed by atoms with Gasteiger partial charge in [0.15, 0.2) is 11.5 Å². The number of amides is 1. The molecule has 1 aliphatic carbocycles. The number of thioether (sulfide) groups is 1. The number of nitrogens with zero attached hydrogens (tertiary/aromatic N) is 1. The van der Waals surface area contributed by atoms with Gasteiger partial charge in [0.25, 0.3) is 17.3 Å². The maximum Gasteiger partial charge on any atom is 0.254 e. The first-order valence-corrected chi connectivity index (χ1v) is 14.5. The standard InChI is InChI=1S/C29H32ClN3O4S/c1-16-13-24(38-4)21(28(35)33-16)15-32-27(34)20-14-22(30)26-25(17(20)2)36-29(3,37-26)19-10-8-18(9-11-19)23-7-5-6-12-31-23/h5-7,12-14,18-19H,8-11,15H2,1-4H3,(H,32,34)(H,33,35)/t18-,19-,29?. The maximum atomic E-state index is 13.2. The second-order valence-corrected chi connectivity index (χ2v) is 11.5. The Labute approximate surface area is 231 Å². The Bertz CT molecular complexity index is 1420. The fourth-order valence-corrected chi connectivity index (χ4v) is 6.52. The average molecular weight is 554 g/mol. The molecule has 2 aliphatic rings. The number of pyridine rings is 2. The summed E-state index contributed by atoms with van der Waals surface area (Å²) in [5.74, 6) is 0.425. The van der Waals surface area contributed by atoms with Gasteiger partial charge < -0.3 is 19.8 Å². The lowest BCUT2D eigenvalue weighted by atomic mass is 9.77. The molecule has 3 aromatic rings. The van der Waals surface area contributed by atoms with Crippen molar-refractivity contribution in [3.8, 4) is 11.5 Å². The normalized spacial score (nSPS) is 22.3. The van der Waals surface area contributed by atoms with E-state index in [0.717, 1.165) is 42.0 Å². The van der Waals surface area contributed by atoms with Gasteiger partial charge in [0.1, 0.15) is 0 Å². The zero-order valence-corrected chi connectivity index (χ0v) is 23.6. The highest BCUT2D eigenvalue weighted by atomic mass is 35.5. The summed E-state index contributed by atoms with van der Waals surface area (Å²) >= 11 is 8.09. The average Bonchev–Trinajstić information content (AvgIpc) is 3.30. The van der Waals surface area contributed by atoms with Crippen LogP contribution < -0.4 is 20.3 Å². The number of aromatic amines is 1. The van der Waals surface area contributed by atoms with Gasteiger partial charge in [-0.25, -0.2) is 0 Å². The van der Waals surface area contributed by atoms with Crippen LogP contribution in [-0.2, 0) is 6.54 Å². The minimum absolute atomic E-state index is 0.105. The molecule has 1 atom stereocenters. The highest BCUT2D eigenvalue weighted by molar-refractivity contribution is 7.98. The molecule has 38 heavy (non-hydrogen) atoms. The van der Waals surface area contributed by atoms with Gasteiger partial charge in [-0.1, -0.05) is 17.7 Å². The van der Waals surface area contributed by atoms with E-state index in [2.05, 4.69) is 21.4 Å². The Morgan fingerprint density at radius 2 is 1.92 bits per heavy atom. The Kier molecular flexibility index (Phi) is 7.47. The van der Waals surface area contributed by atoms with Crippen molar-refractivity contribution in [2.24, 2.45) is 5.92 Å². The number of hydrogen-bond donors (Lipinski definition) is 2. The summed E-state index contributed by atoms with van der Waals surface area (Å²) < 4.78 is 12.8. The van der Waals surface area contributed by atoms with Gasteiger partial charge in [0, 0.05) is 64.5 Å². The predicted molar refractivity (Wildman–Crippen MR) is 150 cm³/mol. The highest BCUT2D eigenvalue weighted by Gasteiger charge is 2.47. The van der Waals surface area contributed by atoms with E-state index in [0.29, 0.717) is 39.1 Å². The molecule has 2 aromatic heterocycles. The molecular weight excluding hydrogens is 522 g/mol. The number of hydrogen-bond acceptors (Lipinski definition) is 6. The van der Waals surface area contributed by atoms with E-state index >= 15 is 0 Å². The van der Waals surface area contributed by atoms with Crippen LogP contribution in [0.1, 0.15) is 71.4 Å². The number of benzene rings is 1. The number of nitrogens with one attached hydrogen (secondary N) is 2. The Balaban J connectivity index is 1.31.